The van der Waals surface area contributed by atoms with E-state index in [2.05, 4.69) is 12.2 Å². The van der Waals surface area contributed by atoms with Crippen molar-refractivity contribution < 1.29 is 14.1 Å². The van der Waals surface area contributed by atoms with Gasteiger partial charge in [0.05, 0.1) is 11.6 Å². The summed E-state index contributed by atoms with van der Waals surface area (Å²) in [7, 11) is 0. The summed E-state index contributed by atoms with van der Waals surface area (Å²) in [4.78, 5) is 12.4. The van der Waals surface area contributed by atoms with Crippen molar-refractivity contribution in [2.24, 2.45) is 0 Å². The Bertz CT molecular complexity index is 810. The normalized spacial score (nSPS) is 10.8. The number of pyridine rings is 1. The molecule has 0 aliphatic rings. The number of nitrogens with one attached hydrogen (secondary N) is 1. The van der Waals surface area contributed by atoms with Crippen molar-refractivity contribution in [3.63, 3.8) is 0 Å². The number of aryl methyl sites for hydroxylation is 1. The monoisotopic (exact) mass is 459 g/mol. The van der Waals surface area contributed by atoms with E-state index >= 15 is 0 Å². The highest BCUT2D eigenvalue weighted by Crippen LogP contribution is 2.26. The summed E-state index contributed by atoms with van der Waals surface area (Å²) in [6, 6.07) is 9.42. The Morgan fingerprint density at radius 1 is 0.969 bits per heavy atom. The standard InChI is InChI=1S/C27H39ClN2O2/c1-3-5-6-7-8-9-10-11-12-13-19-32-26-17-16-23(20-25(26)28)21-29-27(31)24-15-14-18-30(4-2)22-24/h14-18,20,22H,3-13,19,21H2,1-2H3/p+1. The molecular formula is C27H40ClN2O2+. The second-order valence-electron chi connectivity index (χ2n) is 8.40. The van der Waals surface area contributed by atoms with E-state index in [9.17, 15) is 4.79 Å². The SMILES string of the molecule is CCCCCCCCCCCCOc1ccc(CNC(=O)c2ccc[n+](CC)c2)cc1Cl. The van der Waals surface area contributed by atoms with E-state index < -0.39 is 0 Å². The van der Waals surface area contributed by atoms with Crippen molar-refractivity contribution in [2.45, 2.75) is 91.1 Å². The second-order valence-corrected chi connectivity index (χ2v) is 8.81. The molecule has 1 N–H and O–H groups in total. The molecule has 1 heterocycles. The van der Waals surface area contributed by atoms with Gasteiger partial charge in [-0.3, -0.25) is 4.79 Å². The van der Waals surface area contributed by atoms with Crippen molar-refractivity contribution in [1.29, 1.82) is 0 Å². The van der Waals surface area contributed by atoms with E-state index in [1.54, 1.807) is 0 Å². The molecule has 0 aliphatic heterocycles. The first-order chi connectivity index (χ1) is 15.6. The van der Waals surface area contributed by atoms with Crippen molar-refractivity contribution in [2.75, 3.05) is 6.61 Å². The molecule has 2 rings (SSSR count). The van der Waals surface area contributed by atoms with Crippen LogP contribution >= 0.6 is 11.6 Å². The van der Waals surface area contributed by atoms with Gasteiger partial charge in [-0.2, -0.15) is 0 Å². The topological polar surface area (TPSA) is 42.2 Å². The van der Waals surface area contributed by atoms with Crippen molar-refractivity contribution in [3.8, 4) is 5.75 Å². The molecule has 1 amide bonds. The minimum atomic E-state index is -0.0924. The molecule has 0 atom stereocenters. The van der Waals surface area contributed by atoms with Crippen molar-refractivity contribution in [1.82, 2.24) is 5.32 Å². The van der Waals surface area contributed by atoms with Crippen LogP contribution in [0.1, 0.15) is 94.0 Å². The largest absolute Gasteiger partial charge is 0.492 e. The summed E-state index contributed by atoms with van der Waals surface area (Å²) in [5.74, 6) is 0.620. The Kier molecular flexibility index (Phi) is 12.8. The maximum Gasteiger partial charge on any atom is 0.257 e. The first-order valence-electron chi connectivity index (χ1n) is 12.3. The molecule has 5 heteroatoms. The van der Waals surface area contributed by atoms with Gasteiger partial charge in [-0.05, 0) is 37.1 Å². The maximum absolute atomic E-state index is 12.4. The Balaban J connectivity index is 1.63. The van der Waals surface area contributed by atoms with Gasteiger partial charge in [0.1, 0.15) is 17.9 Å². The van der Waals surface area contributed by atoms with Crippen LogP contribution in [0.15, 0.2) is 42.7 Å². The Morgan fingerprint density at radius 3 is 2.31 bits per heavy atom. The van der Waals surface area contributed by atoms with Gasteiger partial charge in [0.15, 0.2) is 12.4 Å². The molecule has 1 aromatic heterocycles. The van der Waals surface area contributed by atoms with Gasteiger partial charge in [0, 0.05) is 12.6 Å². The lowest BCUT2D eigenvalue weighted by Crippen LogP contribution is -2.34. The van der Waals surface area contributed by atoms with Crippen molar-refractivity contribution >= 4 is 17.5 Å². The number of amides is 1. The predicted octanol–water partition coefficient (Wildman–Crippen LogP) is 6.88. The molecular weight excluding hydrogens is 420 g/mol. The lowest BCUT2D eigenvalue weighted by Gasteiger charge is -2.10. The van der Waals surface area contributed by atoms with Crippen LogP contribution < -0.4 is 14.6 Å². The number of benzene rings is 1. The summed E-state index contributed by atoms with van der Waals surface area (Å²) >= 11 is 6.39. The molecule has 32 heavy (non-hydrogen) atoms. The highest BCUT2D eigenvalue weighted by atomic mass is 35.5. The summed E-state index contributed by atoms with van der Waals surface area (Å²) < 4.78 is 7.84. The highest BCUT2D eigenvalue weighted by molar-refractivity contribution is 6.32. The van der Waals surface area contributed by atoms with E-state index in [1.807, 2.05) is 54.2 Å². The first kappa shape index (κ1) is 26.2. The molecule has 2 aromatic rings. The first-order valence-corrected chi connectivity index (χ1v) is 12.7. The molecule has 0 fully saturated rings. The van der Waals surface area contributed by atoms with Crippen molar-refractivity contribution in [3.05, 3.63) is 58.9 Å². The van der Waals surface area contributed by atoms with Crippen LogP contribution in [0.2, 0.25) is 5.02 Å². The average molecular weight is 460 g/mol. The number of unbranched alkanes of at least 4 members (excludes halogenated alkanes) is 9. The number of hydrogen-bond acceptors (Lipinski definition) is 2. The number of aromatic nitrogens is 1. The molecule has 0 aliphatic carbocycles. The third-order valence-corrected chi connectivity index (χ3v) is 5.99. The van der Waals surface area contributed by atoms with Crippen LogP contribution in [0.25, 0.3) is 0 Å². The summed E-state index contributed by atoms with van der Waals surface area (Å²) in [6.07, 6.45) is 16.9. The number of nitrogens with zero attached hydrogens (tertiary/aromatic N) is 1. The van der Waals surface area contributed by atoms with Gasteiger partial charge < -0.3 is 10.1 Å². The smallest absolute Gasteiger partial charge is 0.257 e. The molecule has 0 saturated carbocycles. The van der Waals surface area contributed by atoms with Crippen LogP contribution in [0.3, 0.4) is 0 Å². The fraction of sp³-hybridized carbons (Fsp3) is 0.556. The zero-order valence-corrected chi connectivity index (χ0v) is 20.6. The van der Waals surface area contributed by atoms with E-state index in [0.717, 1.165) is 18.5 Å². The van der Waals surface area contributed by atoms with Crippen LogP contribution in [-0.4, -0.2) is 12.5 Å². The Morgan fingerprint density at radius 2 is 1.66 bits per heavy atom. The van der Waals surface area contributed by atoms with Gasteiger partial charge in [0.25, 0.3) is 5.91 Å². The third kappa shape index (κ3) is 10.0. The number of carbonyl (C=O) groups is 1. The molecule has 4 nitrogen and oxygen atoms in total. The molecule has 1 aromatic carbocycles. The van der Waals surface area contributed by atoms with Gasteiger partial charge in [-0.25, -0.2) is 4.57 Å². The molecule has 0 spiro atoms. The van der Waals surface area contributed by atoms with Crippen LogP contribution in [-0.2, 0) is 13.1 Å². The maximum atomic E-state index is 12.4. The van der Waals surface area contributed by atoms with Gasteiger partial charge in [-0.15, -0.1) is 0 Å². The summed E-state index contributed by atoms with van der Waals surface area (Å²) in [6.45, 7) is 6.26. The highest BCUT2D eigenvalue weighted by Gasteiger charge is 2.10. The molecule has 0 bridgehead atoms. The lowest BCUT2D eigenvalue weighted by molar-refractivity contribution is -0.693. The van der Waals surface area contributed by atoms with Crippen LogP contribution in [0.4, 0.5) is 0 Å². The quantitative estimate of drug-likeness (QED) is 0.219. The van der Waals surface area contributed by atoms with E-state index in [1.165, 1.54) is 57.8 Å². The number of hydrogen-bond donors (Lipinski definition) is 1. The third-order valence-electron chi connectivity index (χ3n) is 5.69. The fourth-order valence-electron chi connectivity index (χ4n) is 3.68. The Hall–Kier alpha value is -2.07. The fourth-order valence-corrected chi connectivity index (χ4v) is 3.94. The molecule has 0 unspecified atom stereocenters. The lowest BCUT2D eigenvalue weighted by atomic mass is 10.1. The van der Waals surface area contributed by atoms with E-state index in [0.29, 0.717) is 29.5 Å². The molecule has 0 saturated heterocycles. The van der Waals surface area contributed by atoms with Gasteiger partial charge in [-0.1, -0.05) is 82.4 Å². The number of carbonyl (C=O) groups excluding carboxylic acids is 1. The number of rotatable bonds is 16. The number of ether oxygens (including phenoxy) is 1. The van der Waals surface area contributed by atoms with Crippen LogP contribution in [0, 0.1) is 0 Å². The van der Waals surface area contributed by atoms with Crippen LogP contribution in [0.5, 0.6) is 5.75 Å². The second kappa shape index (κ2) is 15.7. The minimum Gasteiger partial charge on any atom is -0.492 e. The summed E-state index contributed by atoms with van der Waals surface area (Å²) in [5, 5.41) is 3.54. The zero-order chi connectivity index (χ0) is 23.0. The zero-order valence-electron chi connectivity index (χ0n) is 19.9. The van der Waals surface area contributed by atoms with Gasteiger partial charge in [0.2, 0.25) is 0 Å². The molecule has 0 radical (unpaired) electrons. The van der Waals surface area contributed by atoms with E-state index in [-0.39, 0.29) is 5.91 Å². The minimum absolute atomic E-state index is 0.0924. The molecule has 176 valence electrons. The summed E-state index contributed by atoms with van der Waals surface area (Å²) in [5.41, 5.74) is 1.60. The average Bonchev–Trinajstić information content (AvgIpc) is 2.82. The Labute approximate surface area is 199 Å². The van der Waals surface area contributed by atoms with Gasteiger partial charge >= 0.3 is 0 Å². The van der Waals surface area contributed by atoms with E-state index in [4.69, 9.17) is 16.3 Å². The predicted molar refractivity (Wildman–Crippen MR) is 132 cm³/mol. The number of halogens is 1.